The molecule has 0 saturated carbocycles. The molecule has 2 rings (SSSR count). The van der Waals surface area contributed by atoms with Crippen LogP contribution in [-0.4, -0.2) is 67.5 Å². The van der Waals surface area contributed by atoms with Gasteiger partial charge >= 0.3 is 0 Å². The second kappa shape index (κ2) is 7.93. The van der Waals surface area contributed by atoms with Crippen LogP contribution in [0.2, 0.25) is 0 Å². The van der Waals surface area contributed by atoms with Crippen molar-refractivity contribution in [3.8, 4) is 0 Å². The largest absolute Gasteiger partial charge is 0.382 e. The Kier molecular flexibility index (Phi) is 5.90. The zero-order valence-electron chi connectivity index (χ0n) is 11.7. The van der Waals surface area contributed by atoms with Crippen molar-refractivity contribution >= 4 is 5.91 Å². The van der Waals surface area contributed by atoms with Crippen molar-refractivity contribution in [1.29, 1.82) is 0 Å². The summed E-state index contributed by atoms with van der Waals surface area (Å²) in [6.07, 6.45) is 2.45. The highest BCUT2D eigenvalue weighted by Crippen LogP contribution is 2.09. The van der Waals surface area contributed by atoms with Gasteiger partial charge in [-0.05, 0) is 6.42 Å². The Morgan fingerprint density at radius 1 is 1.50 bits per heavy atom. The molecule has 112 valence electrons. The van der Waals surface area contributed by atoms with E-state index in [2.05, 4.69) is 20.9 Å². The number of amides is 1. The minimum atomic E-state index is -0.194. The number of nitrogens with zero attached hydrogens (tertiary/aromatic N) is 3. The van der Waals surface area contributed by atoms with Crippen molar-refractivity contribution in [2.75, 3.05) is 46.6 Å². The van der Waals surface area contributed by atoms with Gasteiger partial charge in [-0.15, -0.1) is 5.10 Å². The van der Waals surface area contributed by atoms with Crippen LogP contribution in [0.4, 0.5) is 0 Å². The summed E-state index contributed by atoms with van der Waals surface area (Å²) in [7, 11) is 1.64. The molecular weight excluding hydrogens is 262 g/mol. The fraction of sp³-hybridized carbons (Fsp3) is 0.750. The molecule has 2 N–H and O–H groups in total. The number of carbonyl (C=O) groups excluding carboxylic acids is 1. The number of hydrogen-bond acceptors (Lipinski definition) is 6. The van der Waals surface area contributed by atoms with Crippen LogP contribution in [0, 0.1) is 0 Å². The van der Waals surface area contributed by atoms with Gasteiger partial charge in [0.05, 0.1) is 25.5 Å². The third-order valence-corrected chi connectivity index (χ3v) is 3.06. The van der Waals surface area contributed by atoms with Crippen LogP contribution in [-0.2, 0) is 9.47 Å². The Balaban J connectivity index is 1.60. The average Bonchev–Trinajstić information content (AvgIpc) is 2.85. The maximum absolute atomic E-state index is 11.8. The fourth-order valence-electron chi connectivity index (χ4n) is 1.73. The lowest BCUT2D eigenvalue weighted by Gasteiger charge is -2.26. The maximum Gasteiger partial charge on any atom is 0.273 e. The van der Waals surface area contributed by atoms with E-state index in [1.807, 2.05) is 0 Å². The molecule has 8 nitrogen and oxygen atoms in total. The van der Waals surface area contributed by atoms with E-state index >= 15 is 0 Å². The van der Waals surface area contributed by atoms with E-state index < -0.39 is 0 Å². The molecular formula is C12H21N5O3. The van der Waals surface area contributed by atoms with E-state index in [-0.39, 0.29) is 5.91 Å². The van der Waals surface area contributed by atoms with Gasteiger partial charge in [0.1, 0.15) is 0 Å². The van der Waals surface area contributed by atoms with Crippen molar-refractivity contribution in [1.82, 2.24) is 25.6 Å². The standard InChI is InChI=1S/C12H21N5O3/c1-19-5-6-20-4-2-3-14-12(18)11-9-17(16-15-11)10-7-13-8-10/h9-10,13H,2-8H2,1H3,(H,14,18). The summed E-state index contributed by atoms with van der Waals surface area (Å²) >= 11 is 0. The smallest absolute Gasteiger partial charge is 0.273 e. The van der Waals surface area contributed by atoms with Gasteiger partial charge in [-0.3, -0.25) is 4.79 Å². The van der Waals surface area contributed by atoms with Crippen LogP contribution in [0.5, 0.6) is 0 Å². The van der Waals surface area contributed by atoms with E-state index in [0.29, 0.717) is 38.1 Å². The number of aromatic nitrogens is 3. The minimum Gasteiger partial charge on any atom is -0.382 e. The van der Waals surface area contributed by atoms with E-state index in [1.165, 1.54) is 0 Å². The van der Waals surface area contributed by atoms with E-state index in [9.17, 15) is 4.79 Å². The van der Waals surface area contributed by atoms with Gasteiger partial charge in [0.25, 0.3) is 5.91 Å². The van der Waals surface area contributed by atoms with Crippen LogP contribution in [0.3, 0.4) is 0 Å². The van der Waals surface area contributed by atoms with Crippen LogP contribution < -0.4 is 10.6 Å². The maximum atomic E-state index is 11.8. The average molecular weight is 283 g/mol. The fourth-order valence-corrected chi connectivity index (χ4v) is 1.73. The molecule has 1 aromatic rings. The number of ether oxygens (including phenoxy) is 2. The summed E-state index contributed by atoms with van der Waals surface area (Å²) in [5.74, 6) is -0.194. The first-order chi connectivity index (χ1) is 9.81. The summed E-state index contributed by atoms with van der Waals surface area (Å²) < 4.78 is 11.9. The van der Waals surface area contributed by atoms with Crippen molar-refractivity contribution in [2.45, 2.75) is 12.5 Å². The molecule has 1 aromatic heterocycles. The van der Waals surface area contributed by atoms with Gasteiger partial charge in [0.15, 0.2) is 5.69 Å². The second-order valence-corrected chi connectivity index (χ2v) is 4.61. The number of hydrogen-bond donors (Lipinski definition) is 2. The van der Waals surface area contributed by atoms with E-state index in [0.717, 1.165) is 19.5 Å². The topological polar surface area (TPSA) is 90.3 Å². The molecule has 2 heterocycles. The molecule has 8 heteroatoms. The lowest BCUT2D eigenvalue weighted by molar-refractivity contribution is 0.0688. The van der Waals surface area contributed by atoms with Crippen LogP contribution in [0.15, 0.2) is 6.20 Å². The normalized spacial score (nSPS) is 15.1. The predicted molar refractivity (Wildman–Crippen MR) is 71.6 cm³/mol. The van der Waals surface area contributed by atoms with Crippen LogP contribution >= 0.6 is 0 Å². The first-order valence-electron chi connectivity index (χ1n) is 6.78. The molecule has 0 unspecified atom stereocenters. The Morgan fingerprint density at radius 2 is 2.35 bits per heavy atom. The molecule has 0 aliphatic carbocycles. The summed E-state index contributed by atoms with van der Waals surface area (Å²) in [5, 5.41) is 13.8. The minimum absolute atomic E-state index is 0.194. The summed E-state index contributed by atoms with van der Waals surface area (Å²) in [6.45, 7) is 4.08. The Bertz CT molecular complexity index is 419. The van der Waals surface area contributed by atoms with Gasteiger partial charge in [0.2, 0.25) is 0 Å². The number of nitrogens with one attached hydrogen (secondary N) is 2. The lowest BCUT2D eigenvalue weighted by atomic mass is 10.2. The molecule has 0 bridgehead atoms. The lowest BCUT2D eigenvalue weighted by Crippen LogP contribution is -2.43. The molecule has 1 aliphatic rings. The quantitative estimate of drug-likeness (QED) is 0.577. The SMILES string of the molecule is COCCOCCCNC(=O)c1cn(C2CNC2)nn1. The van der Waals surface area contributed by atoms with Gasteiger partial charge in [0, 0.05) is 33.4 Å². The highest BCUT2D eigenvalue weighted by Gasteiger charge is 2.21. The Labute approximate surface area is 117 Å². The third kappa shape index (κ3) is 4.26. The molecule has 0 aromatic carbocycles. The Morgan fingerprint density at radius 3 is 3.05 bits per heavy atom. The van der Waals surface area contributed by atoms with Crippen LogP contribution in [0.25, 0.3) is 0 Å². The first-order valence-corrected chi connectivity index (χ1v) is 6.78. The van der Waals surface area contributed by atoms with Crippen LogP contribution in [0.1, 0.15) is 23.0 Å². The molecule has 1 aliphatic heterocycles. The molecule has 1 amide bonds. The van der Waals surface area contributed by atoms with Crippen molar-refractivity contribution in [3.63, 3.8) is 0 Å². The number of carbonyl (C=O) groups is 1. The van der Waals surface area contributed by atoms with Gasteiger partial charge < -0.3 is 20.1 Å². The van der Waals surface area contributed by atoms with Gasteiger partial charge in [-0.1, -0.05) is 5.21 Å². The van der Waals surface area contributed by atoms with Crippen molar-refractivity contribution < 1.29 is 14.3 Å². The molecule has 20 heavy (non-hydrogen) atoms. The number of methoxy groups -OCH3 is 1. The molecule has 0 atom stereocenters. The third-order valence-electron chi connectivity index (χ3n) is 3.06. The molecule has 0 spiro atoms. The molecule has 1 fully saturated rings. The van der Waals surface area contributed by atoms with Gasteiger partial charge in [-0.2, -0.15) is 0 Å². The summed E-state index contributed by atoms with van der Waals surface area (Å²) in [5.41, 5.74) is 0.359. The summed E-state index contributed by atoms with van der Waals surface area (Å²) in [6, 6.07) is 0.318. The van der Waals surface area contributed by atoms with E-state index in [1.54, 1.807) is 18.0 Å². The van der Waals surface area contributed by atoms with Crippen molar-refractivity contribution in [3.05, 3.63) is 11.9 Å². The summed E-state index contributed by atoms with van der Waals surface area (Å²) in [4.78, 5) is 11.8. The Hall–Kier alpha value is -1.51. The molecule has 1 saturated heterocycles. The van der Waals surface area contributed by atoms with Gasteiger partial charge in [-0.25, -0.2) is 4.68 Å². The van der Waals surface area contributed by atoms with E-state index in [4.69, 9.17) is 9.47 Å². The highest BCUT2D eigenvalue weighted by atomic mass is 16.5. The molecule has 0 radical (unpaired) electrons. The first kappa shape index (κ1) is 14.9. The number of rotatable bonds is 9. The zero-order chi connectivity index (χ0) is 14.2. The van der Waals surface area contributed by atoms with Crippen molar-refractivity contribution in [2.24, 2.45) is 0 Å². The predicted octanol–water partition coefficient (Wildman–Crippen LogP) is -0.795. The second-order valence-electron chi connectivity index (χ2n) is 4.61. The zero-order valence-corrected chi connectivity index (χ0v) is 11.7. The highest BCUT2D eigenvalue weighted by molar-refractivity contribution is 5.91. The monoisotopic (exact) mass is 283 g/mol.